The van der Waals surface area contributed by atoms with Gasteiger partial charge in [0.1, 0.15) is 0 Å². The third-order valence-electron chi connectivity index (χ3n) is 0.464. The first-order chi connectivity index (χ1) is 4.18. The van der Waals surface area contributed by atoms with E-state index in [1.807, 2.05) is 6.92 Å². The highest BCUT2D eigenvalue weighted by Gasteiger charge is 1.87. The molecule has 1 atom stereocenters. The molecule has 5 heteroatoms. The van der Waals surface area contributed by atoms with Crippen LogP contribution in [0.1, 0.15) is 19.8 Å². The molecule has 0 spiro atoms. The lowest BCUT2D eigenvalue weighted by molar-refractivity contribution is -0.137. The van der Waals surface area contributed by atoms with Crippen molar-refractivity contribution in [1.82, 2.24) is 0 Å². The molecule has 0 aromatic carbocycles. The summed E-state index contributed by atoms with van der Waals surface area (Å²) in [5.41, 5.74) is 0. The minimum atomic E-state index is -1.50. The molecule has 0 radical (unpaired) electrons. The van der Waals surface area contributed by atoms with Crippen molar-refractivity contribution in [2.24, 2.45) is 0 Å². The van der Waals surface area contributed by atoms with Crippen molar-refractivity contribution in [2.45, 2.75) is 19.8 Å². The number of carbonyl (C=O) groups is 1. The molecule has 2 N–H and O–H groups in total. The Kier molecular flexibility index (Phi) is 13.5. The SMILES string of the molecule is CCCC(=O)O.O=[PH2]O. The van der Waals surface area contributed by atoms with Crippen molar-refractivity contribution in [3.05, 3.63) is 0 Å². The number of aliphatic carboxylic acids is 1. The highest BCUT2D eigenvalue weighted by molar-refractivity contribution is 7.16. The Morgan fingerprint density at radius 2 is 2.00 bits per heavy atom. The second kappa shape index (κ2) is 10.6. The standard InChI is InChI=1S/C4H8O2.H3O2P/c1-2-3-4(5)6;1-3-2/h2-3H2,1H3,(H,5,6);3H2,(H,1,2). The van der Waals surface area contributed by atoms with Crippen LogP contribution >= 0.6 is 8.69 Å². The number of rotatable bonds is 2. The van der Waals surface area contributed by atoms with Crippen LogP contribution in [0, 0.1) is 0 Å². The Balaban J connectivity index is 0. The molecule has 0 heterocycles. The van der Waals surface area contributed by atoms with Crippen molar-refractivity contribution in [3.8, 4) is 0 Å². The topological polar surface area (TPSA) is 74.6 Å². The Bertz CT molecular complexity index is 82.6. The molecule has 56 valence electrons. The zero-order valence-corrected chi connectivity index (χ0v) is 6.36. The molecule has 0 aromatic heterocycles. The summed E-state index contributed by atoms with van der Waals surface area (Å²) in [5.74, 6) is -0.711. The van der Waals surface area contributed by atoms with Crippen LogP contribution in [-0.4, -0.2) is 16.0 Å². The average Bonchev–Trinajstić information content (AvgIpc) is 1.67. The van der Waals surface area contributed by atoms with E-state index in [1.54, 1.807) is 0 Å². The van der Waals surface area contributed by atoms with E-state index >= 15 is 0 Å². The Labute approximate surface area is 54.8 Å². The second-order valence-corrected chi connectivity index (χ2v) is 1.46. The zero-order chi connectivity index (χ0) is 7.70. The highest BCUT2D eigenvalue weighted by atomic mass is 31.1. The maximum atomic E-state index is 9.60. The predicted molar refractivity (Wildman–Crippen MR) is 35.2 cm³/mol. The molecule has 4 nitrogen and oxygen atoms in total. The van der Waals surface area contributed by atoms with Gasteiger partial charge in [0, 0.05) is 6.42 Å². The molecular formula is C4H11O4P. The number of hydrogen-bond acceptors (Lipinski definition) is 2. The molecule has 0 saturated carbocycles. The van der Waals surface area contributed by atoms with Crippen LogP contribution in [0.2, 0.25) is 0 Å². The van der Waals surface area contributed by atoms with Crippen LogP contribution in [0.4, 0.5) is 0 Å². The fourth-order valence-corrected chi connectivity index (χ4v) is 0.214. The van der Waals surface area contributed by atoms with Gasteiger partial charge < -0.3 is 10.00 Å². The Morgan fingerprint density at radius 1 is 1.67 bits per heavy atom. The quantitative estimate of drug-likeness (QED) is 0.568. The molecule has 0 amide bonds. The van der Waals surface area contributed by atoms with Crippen molar-refractivity contribution < 1.29 is 19.4 Å². The van der Waals surface area contributed by atoms with E-state index in [2.05, 4.69) is 0 Å². The van der Waals surface area contributed by atoms with Gasteiger partial charge in [0.2, 0.25) is 0 Å². The molecule has 0 saturated heterocycles. The first-order valence-electron chi connectivity index (χ1n) is 2.48. The molecule has 0 aromatic rings. The lowest BCUT2D eigenvalue weighted by Gasteiger charge is -1.79. The second-order valence-electron chi connectivity index (χ2n) is 1.25. The third-order valence-corrected chi connectivity index (χ3v) is 0.464. The van der Waals surface area contributed by atoms with Gasteiger partial charge >= 0.3 is 5.97 Å². The minimum Gasteiger partial charge on any atom is -0.481 e. The van der Waals surface area contributed by atoms with E-state index in [0.29, 0.717) is 6.42 Å². The fraction of sp³-hybridized carbons (Fsp3) is 0.750. The van der Waals surface area contributed by atoms with E-state index in [1.165, 1.54) is 0 Å². The van der Waals surface area contributed by atoms with Gasteiger partial charge in [-0.1, -0.05) is 6.92 Å². The molecule has 0 aliphatic carbocycles. The van der Waals surface area contributed by atoms with Gasteiger partial charge in [-0.2, -0.15) is 0 Å². The lowest BCUT2D eigenvalue weighted by Crippen LogP contribution is -1.90. The molecular weight excluding hydrogens is 143 g/mol. The van der Waals surface area contributed by atoms with Gasteiger partial charge in [0.25, 0.3) is 0 Å². The molecule has 0 fully saturated rings. The largest absolute Gasteiger partial charge is 0.481 e. The Morgan fingerprint density at radius 3 is 2.00 bits per heavy atom. The van der Waals surface area contributed by atoms with E-state index in [-0.39, 0.29) is 0 Å². The van der Waals surface area contributed by atoms with Gasteiger partial charge in [0.15, 0.2) is 8.69 Å². The zero-order valence-electron chi connectivity index (χ0n) is 5.20. The van der Waals surface area contributed by atoms with E-state index < -0.39 is 14.7 Å². The summed E-state index contributed by atoms with van der Waals surface area (Å²) < 4.78 is 8.57. The summed E-state index contributed by atoms with van der Waals surface area (Å²) in [7, 11) is -1.50. The van der Waals surface area contributed by atoms with Gasteiger partial charge in [-0.25, -0.2) is 0 Å². The summed E-state index contributed by atoms with van der Waals surface area (Å²) in [6, 6.07) is 0. The molecule has 1 unspecified atom stereocenters. The van der Waals surface area contributed by atoms with Gasteiger partial charge in [-0.05, 0) is 6.42 Å². The van der Waals surface area contributed by atoms with Crippen LogP contribution in [-0.2, 0) is 9.36 Å². The van der Waals surface area contributed by atoms with Crippen LogP contribution in [0.25, 0.3) is 0 Å². The first-order valence-corrected chi connectivity index (χ1v) is 3.47. The normalized spacial score (nSPS) is 8.67. The van der Waals surface area contributed by atoms with Crippen molar-refractivity contribution in [1.29, 1.82) is 0 Å². The molecule has 9 heavy (non-hydrogen) atoms. The number of carboxylic acids is 1. The summed E-state index contributed by atoms with van der Waals surface area (Å²) >= 11 is 0. The monoisotopic (exact) mass is 154 g/mol. The van der Waals surface area contributed by atoms with Crippen molar-refractivity contribution in [3.63, 3.8) is 0 Å². The van der Waals surface area contributed by atoms with Gasteiger partial charge in [0.05, 0.1) is 0 Å². The third kappa shape index (κ3) is 34.7. The Hall–Kier alpha value is -0.340. The average molecular weight is 154 g/mol. The smallest absolute Gasteiger partial charge is 0.303 e. The minimum absolute atomic E-state index is 0.292. The fourth-order valence-electron chi connectivity index (χ4n) is 0.214. The highest BCUT2D eigenvalue weighted by Crippen LogP contribution is 1.82. The first kappa shape index (κ1) is 11.5. The maximum absolute atomic E-state index is 9.60. The van der Waals surface area contributed by atoms with E-state index in [0.717, 1.165) is 6.42 Å². The molecule has 0 rings (SSSR count). The molecule has 0 bridgehead atoms. The van der Waals surface area contributed by atoms with Crippen LogP contribution in [0.15, 0.2) is 0 Å². The van der Waals surface area contributed by atoms with Crippen LogP contribution in [0.3, 0.4) is 0 Å². The number of hydrogen-bond donors (Lipinski definition) is 2. The van der Waals surface area contributed by atoms with Crippen LogP contribution < -0.4 is 0 Å². The van der Waals surface area contributed by atoms with Gasteiger partial charge in [-0.15, -0.1) is 0 Å². The van der Waals surface area contributed by atoms with E-state index in [9.17, 15) is 4.79 Å². The molecule has 0 aliphatic heterocycles. The van der Waals surface area contributed by atoms with Gasteiger partial charge in [-0.3, -0.25) is 9.36 Å². The summed E-state index contributed by atoms with van der Waals surface area (Å²) in [4.78, 5) is 16.7. The van der Waals surface area contributed by atoms with E-state index in [4.69, 9.17) is 14.6 Å². The maximum Gasteiger partial charge on any atom is 0.303 e. The predicted octanol–water partition coefficient (Wildman–Crippen LogP) is 0.521. The summed E-state index contributed by atoms with van der Waals surface area (Å²) in [6.45, 7) is 1.84. The summed E-state index contributed by atoms with van der Waals surface area (Å²) in [5, 5.41) is 7.91. The molecule has 0 aliphatic rings. The lowest BCUT2D eigenvalue weighted by atomic mass is 10.4. The van der Waals surface area contributed by atoms with Crippen molar-refractivity contribution >= 4 is 14.7 Å². The van der Waals surface area contributed by atoms with Crippen LogP contribution in [0.5, 0.6) is 0 Å². The van der Waals surface area contributed by atoms with Crippen molar-refractivity contribution in [2.75, 3.05) is 0 Å². The summed E-state index contributed by atoms with van der Waals surface area (Å²) in [6.07, 6.45) is 1.02. The number of carboxylic acid groups (broad SMARTS) is 1.